The van der Waals surface area contributed by atoms with E-state index in [1.165, 1.54) is 6.07 Å². The van der Waals surface area contributed by atoms with E-state index in [0.717, 1.165) is 12.1 Å². The number of likely N-dealkylation sites (N-methyl/N-ethyl adjacent to an activating group) is 1. The first-order valence-corrected chi connectivity index (χ1v) is 4.01. The Bertz CT molecular complexity index is 289. The normalized spacial score (nSPS) is 10.2. The van der Waals surface area contributed by atoms with E-state index in [1.54, 1.807) is 11.9 Å². The summed E-state index contributed by atoms with van der Waals surface area (Å²) in [6.45, 7) is 1.10. The summed E-state index contributed by atoms with van der Waals surface area (Å²) in [5.74, 6) is -1.66. The number of rotatable bonds is 3. The molecule has 2 nitrogen and oxygen atoms in total. The Morgan fingerprint density at radius 3 is 2.54 bits per heavy atom. The maximum Gasteiger partial charge on any atom is 0.160 e. The van der Waals surface area contributed by atoms with Crippen molar-refractivity contribution in [1.82, 2.24) is 0 Å². The van der Waals surface area contributed by atoms with Gasteiger partial charge in [0.1, 0.15) is 0 Å². The largest absolute Gasteiger partial charge is 0.373 e. The van der Waals surface area contributed by atoms with Gasteiger partial charge in [0.15, 0.2) is 11.6 Å². The molecule has 0 fully saturated rings. The van der Waals surface area contributed by atoms with Crippen molar-refractivity contribution < 1.29 is 8.78 Å². The number of hydrogen-bond donors (Lipinski definition) is 1. The van der Waals surface area contributed by atoms with Gasteiger partial charge >= 0.3 is 0 Å². The Hall–Kier alpha value is -1.16. The molecule has 0 aliphatic heterocycles. The predicted molar refractivity (Wildman–Crippen MR) is 48.7 cm³/mol. The van der Waals surface area contributed by atoms with Crippen LogP contribution < -0.4 is 10.6 Å². The van der Waals surface area contributed by atoms with Crippen LogP contribution in [0.2, 0.25) is 0 Å². The Labute approximate surface area is 76.0 Å². The lowest BCUT2D eigenvalue weighted by Gasteiger charge is -2.17. The molecule has 4 heteroatoms. The molecule has 0 amide bonds. The van der Waals surface area contributed by atoms with Gasteiger partial charge in [0, 0.05) is 31.9 Å². The highest BCUT2D eigenvalue weighted by Gasteiger charge is 2.04. The monoisotopic (exact) mass is 186 g/mol. The van der Waals surface area contributed by atoms with Crippen molar-refractivity contribution in [1.29, 1.82) is 0 Å². The van der Waals surface area contributed by atoms with Crippen LogP contribution in [-0.2, 0) is 0 Å². The van der Waals surface area contributed by atoms with E-state index >= 15 is 0 Å². The summed E-state index contributed by atoms with van der Waals surface area (Å²) in [5, 5.41) is 0. The van der Waals surface area contributed by atoms with Crippen LogP contribution in [0.25, 0.3) is 0 Å². The van der Waals surface area contributed by atoms with Crippen LogP contribution in [0.4, 0.5) is 14.5 Å². The first-order chi connectivity index (χ1) is 6.15. The van der Waals surface area contributed by atoms with Crippen LogP contribution in [0.5, 0.6) is 0 Å². The zero-order valence-electron chi connectivity index (χ0n) is 7.43. The van der Waals surface area contributed by atoms with Crippen LogP contribution in [0.15, 0.2) is 18.2 Å². The smallest absolute Gasteiger partial charge is 0.160 e. The van der Waals surface area contributed by atoms with Crippen LogP contribution in [-0.4, -0.2) is 20.1 Å². The molecule has 72 valence electrons. The summed E-state index contributed by atoms with van der Waals surface area (Å²) in [5.41, 5.74) is 5.95. The summed E-state index contributed by atoms with van der Waals surface area (Å²) in [7, 11) is 1.78. The molecule has 0 aliphatic rings. The average molecular weight is 186 g/mol. The molecule has 0 saturated heterocycles. The Morgan fingerprint density at radius 2 is 2.00 bits per heavy atom. The second kappa shape index (κ2) is 4.18. The van der Waals surface area contributed by atoms with Crippen molar-refractivity contribution in [2.75, 3.05) is 25.0 Å². The van der Waals surface area contributed by atoms with Crippen molar-refractivity contribution in [3.05, 3.63) is 29.8 Å². The minimum absolute atomic E-state index is 0.482. The first kappa shape index (κ1) is 9.92. The van der Waals surface area contributed by atoms with Crippen molar-refractivity contribution in [2.24, 2.45) is 5.73 Å². The molecule has 0 spiro atoms. The summed E-state index contributed by atoms with van der Waals surface area (Å²) >= 11 is 0. The predicted octanol–water partition coefficient (Wildman–Crippen LogP) is 1.36. The maximum atomic E-state index is 12.7. The average Bonchev–Trinajstić information content (AvgIpc) is 2.10. The molecule has 2 N–H and O–H groups in total. The molecule has 13 heavy (non-hydrogen) atoms. The van der Waals surface area contributed by atoms with Crippen LogP contribution >= 0.6 is 0 Å². The van der Waals surface area contributed by atoms with Gasteiger partial charge in [-0.05, 0) is 12.1 Å². The van der Waals surface area contributed by atoms with Gasteiger partial charge in [-0.15, -0.1) is 0 Å². The zero-order chi connectivity index (χ0) is 9.84. The third-order valence-corrected chi connectivity index (χ3v) is 1.81. The molecule has 0 atom stereocenters. The van der Waals surface area contributed by atoms with E-state index in [0.29, 0.717) is 18.8 Å². The van der Waals surface area contributed by atoms with E-state index in [2.05, 4.69) is 0 Å². The molecular weight excluding hydrogens is 174 g/mol. The van der Waals surface area contributed by atoms with Gasteiger partial charge in [-0.25, -0.2) is 8.78 Å². The van der Waals surface area contributed by atoms with E-state index in [4.69, 9.17) is 5.73 Å². The number of hydrogen-bond acceptors (Lipinski definition) is 2. The third kappa shape index (κ3) is 2.39. The zero-order valence-corrected chi connectivity index (χ0v) is 7.43. The first-order valence-electron chi connectivity index (χ1n) is 4.01. The summed E-state index contributed by atoms with van der Waals surface area (Å²) in [6.07, 6.45) is 0. The van der Waals surface area contributed by atoms with Crippen molar-refractivity contribution in [3.8, 4) is 0 Å². The Balaban J connectivity index is 2.84. The van der Waals surface area contributed by atoms with E-state index in [-0.39, 0.29) is 0 Å². The topological polar surface area (TPSA) is 29.3 Å². The molecule has 0 aromatic heterocycles. The van der Waals surface area contributed by atoms with E-state index < -0.39 is 11.6 Å². The van der Waals surface area contributed by atoms with Crippen LogP contribution in [0.3, 0.4) is 0 Å². The molecule has 0 heterocycles. The Kier molecular flexibility index (Phi) is 3.19. The molecule has 0 aliphatic carbocycles. The van der Waals surface area contributed by atoms with E-state index in [9.17, 15) is 8.78 Å². The lowest BCUT2D eigenvalue weighted by molar-refractivity contribution is 0.508. The lowest BCUT2D eigenvalue weighted by atomic mass is 10.3. The molecule has 0 saturated carbocycles. The number of nitrogens with zero attached hydrogens (tertiary/aromatic N) is 1. The summed E-state index contributed by atoms with van der Waals surface area (Å²) in [6, 6.07) is 3.79. The van der Waals surface area contributed by atoms with Crippen molar-refractivity contribution in [2.45, 2.75) is 0 Å². The molecule has 0 radical (unpaired) electrons. The van der Waals surface area contributed by atoms with Gasteiger partial charge in [0.2, 0.25) is 0 Å². The molecule has 0 bridgehead atoms. The van der Waals surface area contributed by atoms with Crippen molar-refractivity contribution in [3.63, 3.8) is 0 Å². The highest BCUT2D eigenvalue weighted by Crippen LogP contribution is 2.15. The van der Waals surface area contributed by atoms with Gasteiger partial charge in [-0.3, -0.25) is 0 Å². The van der Waals surface area contributed by atoms with Crippen molar-refractivity contribution >= 4 is 5.69 Å². The third-order valence-electron chi connectivity index (χ3n) is 1.81. The standard InChI is InChI=1S/C9H12F2N2/c1-13(5-4-12)7-2-3-8(10)9(11)6-7/h2-3,6H,4-5,12H2,1H3. The number of anilines is 1. The van der Waals surface area contributed by atoms with Crippen LogP contribution in [0.1, 0.15) is 0 Å². The van der Waals surface area contributed by atoms with Gasteiger partial charge in [0.25, 0.3) is 0 Å². The SMILES string of the molecule is CN(CCN)c1ccc(F)c(F)c1. The number of nitrogens with two attached hydrogens (primary N) is 1. The maximum absolute atomic E-state index is 12.7. The molecule has 1 rings (SSSR count). The number of benzene rings is 1. The molecule has 0 unspecified atom stereocenters. The fraction of sp³-hybridized carbons (Fsp3) is 0.333. The second-order valence-corrected chi connectivity index (χ2v) is 2.81. The van der Waals surface area contributed by atoms with E-state index in [1.807, 2.05) is 0 Å². The minimum atomic E-state index is -0.832. The highest BCUT2D eigenvalue weighted by molar-refractivity contribution is 5.45. The van der Waals surface area contributed by atoms with Crippen LogP contribution in [0, 0.1) is 11.6 Å². The fourth-order valence-electron chi connectivity index (χ4n) is 1.05. The minimum Gasteiger partial charge on any atom is -0.373 e. The molecule has 1 aromatic carbocycles. The van der Waals surface area contributed by atoms with Gasteiger partial charge < -0.3 is 10.6 Å². The Morgan fingerprint density at radius 1 is 1.31 bits per heavy atom. The van der Waals surface area contributed by atoms with Gasteiger partial charge in [-0.1, -0.05) is 0 Å². The second-order valence-electron chi connectivity index (χ2n) is 2.81. The van der Waals surface area contributed by atoms with Gasteiger partial charge in [-0.2, -0.15) is 0 Å². The fourth-order valence-corrected chi connectivity index (χ4v) is 1.05. The molecule has 1 aromatic rings. The summed E-state index contributed by atoms with van der Waals surface area (Å²) < 4.78 is 25.3. The lowest BCUT2D eigenvalue weighted by Crippen LogP contribution is -2.25. The quantitative estimate of drug-likeness (QED) is 0.772. The highest BCUT2D eigenvalue weighted by atomic mass is 19.2. The summed E-state index contributed by atoms with van der Waals surface area (Å²) in [4.78, 5) is 1.77. The molecular formula is C9H12F2N2. The number of halogens is 2. The van der Waals surface area contributed by atoms with Gasteiger partial charge in [0.05, 0.1) is 0 Å².